The summed E-state index contributed by atoms with van der Waals surface area (Å²) >= 11 is 0. The Labute approximate surface area is 152 Å². The van der Waals surface area contributed by atoms with Crippen LogP contribution in [0.1, 0.15) is 51.0 Å². The molecule has 0 unspecified atom stereocenters. The van der Waals surface area contributed by atoms with E-state index in [4.69, 9.17) is 4.74 Å². The zero-order valence-electron chi connectivity index (χ0n) is 15.2. The third-order valence-electron chi connectivity index (χ3n) is 4.15. The van der Waals surface area contributed by atoms with Crippen LogP contribution in [0.5, 0.6) is 0 Å². The zero-order chi connectivity index (χ0) is 18.4. The molecule has 3 heteroatoms. The predicted octanol–water partition coefficient (Wildman–Crippen LogP) is 5.38. The standard InChI is InChI=1S/C22H29NO2/c1-3-5-6-12-17-22(19-23,21(24)25-4-2)18-13-8-11-16-20-14-9-7-10-15-20/h3,7,9-10,13-15,18H,1,4-6,8,11-12,16-17H2,2H3/b18-13+/t22-/m0/s1. The average Bonchev–Trinajstić information content (AvgIpc) is 2.64. The molecule has 1 aromatic rings. The summed E-state index contributed by atoms with van der Waals surface area (Å²) in [6.45, 7) is 5.76. The highest BCUT2D eigenvalue weighted by Crippen LogP contribution is 2.29. The number of carbonyl (C=O) groups excluding carboxylic acids is 1. The predicted molar refractivity (Wildman–Crippen MR) is 102 cm³/mol. The molecule has 1 aromatic carbocycles. The van der Waals surface area contributed by atoms with Gasteiger partial charge in [-0.25, -0.2) is 4.79 Å². The smallest absolute Gasteiger partial charge is 0.330 e. The van der Waals surface area contributed by atoms with Crippen LogP contribution in [-0.4, -0.2) is 12.6 Å². The van der Waals surface area contributed by atoms with Gasteiger partial charge < -0.3 is 4.74 Å². The minimum absolute atomic E-state index is 0.288. The molecular formula is C22H29NO2. The van der Waals surface area contributed by atoms with Gasteiger partial charge in [-0.1, -0.05) is 55.0 Å². The molecule has 0 aliphatic heterocycles. The zero-order valence-corrected chi connectivity index (χ0v) is 15.2. The van der Waals surface area contributed by atoms with Gasteiger partial charge in [-0.15, -0.1) is 6.58 Å². The van der Waals surface area contributed by atoms with Gasteiger partial charge in [0.25, 0.3) is 0 Å². The van der Waals surface area contributed by atoms with Gasteiger partial charge in [0.1, 0.15) is 0 Å². The average molecular weight is 339 g/mol. The summed E-state index contributed by atoms with van der Waals surface area (Å²) in [5.41, 5.74) is 0.140. The lowest BCUT2D eigenvalue weighted by molar-refractivity contribution is -0.149. The van der Waals surface area contributed by atoms with Crippen molar-refractivity contribution in [1.82, 2.24) is 0 Å². The number of unbranched alkanes of at least 4 members (excludes halogenated alkanes) is 3. The first-order chi connectivity index (χ1) is 12.2. The molecule has 0 saturated heterocycles. The number of benzene rings is 1. The van der Waals surface area contributed by atoms with E-state index in [1.807, 2.05) is 30.4 Å². The van der Waals surface area contributed by atoms with Crippen molar-refractivity contribution in [2.45, 2.75) is 51.9 Å². The van der Waals surface area contributed by atoms with E-state index in [9.17, 15) is 10.1 Å². The number of aryl methyl sites for hydroxylation is 1. The maximum atomic E-state index is 12.3. The van der Waals surface area contributed by atoms with E-state index in [0.717, 1.165) is 38.5 Å². The Kier molecular flexibility index (Phi) is 10.0. The summed E-state index contributed by atoms with van der Waals surface area (Å²) in [5.74, 6) is -0.435. The van der Waals surface area contributed by atoms with Gasteiger partial charge in [0.05, 0.1) is 12.7 Å². The van der Waals surface area contributed by atoms with Gasteiger partial charge in [-0.05, 0) is 51.0 Å². The first-order valence-corrected chi connectivity index (χ1v) is 9.09. The minimum Gasteiger partial charge on any atom is -0.465 e. The molecule has 0 aromatic heterocycles. The van der Waals surface area contributed by atoms with E-state index >= 15 is 0 Å². The molecule has 1 atom stereocenters. The quantitative estimate of drug-likeness (QED) is 0.292. The van der Waals surface area contributed by atoms with E-state index in [0.29, 0.717) is 6.42 Å². The minimum atomic E-state index is -1.16. The van der Waals surface area contributed by atoms with Gasteiger partial charge >= 0.3 is 5.97 Å². The molecular weight excluding hydrogens is 310 g/mol. The number of esters is 1. The second-order valence-corrected chi connectivity index (χ2v) is 6.12. The molecule has 0 N–H and O–H groups in total. The highest BCUT2D eigenvalue weighted by Gasteiger charge is 2.37. The van der Waals surface area contributed by atoms with E-state index in [2.05, 4.69) is 24.8 Å². The summed E-state index contributed by atoms with van der Waals surface area (Å²) in [6, 6.07) is 12.5. The number of carbonyl (C=O) groups is 1. The largest absolute Gasteiger partial charge is 0.465 e. The van der Waals surface area contributed by atoms with Crippen LogP contribution in [0.25, 0.3) is 0 Å². The summed E-state index contributed by atoms with van der Waals surface area (Å²) in [6.07, 6.45) is 11.5. The Hall–Kier alpha value is -2.34. The van der Waals surface area contributed by atoms with Crippen molar-refractivity contribution >= 4 is 5.97 Å². The topological polar surface area (TPSA) is 50.1 Å². The molecule has 0 saturated carbocycles. The highest BCUT2D eigenvalue weighted by molar-refractivity contribution is 5.82. The molecule has 1 rings (SSSR count). The lowest BCUT2D eigenvalue weighted by Gasteiger charge is -2.20. The normalized spacial score (nSPS) is 13.1. The van der Waals surface area contributed by atoms with E-state index < -0.39 is 11.4 Å². The lowest BCUT2D eigenvalue weighted by Crippen LogP contribution is -2.29. The summed E-state index contributed by atoms with van der Waals surface area (Å²) in [4.78, 5) is 12.3. The van der Waals surface area contributed by atoms with Crippen molar-refractivity contribution in [3.63, 3.8) is 0 Å². The monoisotopic (exact) mass is 339 g/mol. The SMILES string of the molecule is C=CCCCC[C@@](C#N)(/C=C/CCCc1ccccc1)C(=O)OCC. The summed E-state index contributed by atoms with van der Waals surface area (Å²) in [7, 11) is 0. The van der Waals surface area contributed by atoms with Crippen molar-refractivity contribution in [1.29, 1.82) is 5.26 Å². The Morgan fingerprint density at radius 1 is 1.24 bits per heavy atom. The molecule has 134 valence electrons. The van der Waals surface area contributed by atoms with Crippen LogP contribution in [0.2, 0.25) is 0 Å². The van der Waals surface area contributed by atoms with Crippen molar-refractivity contribution < 1.29 is 9.53 Å². The Bertz CT molecular complexity index is 586. The van der Waals surface area contributed by atoms with Gasteiger partial charge in [0.2, 0.25) is 0 Å². The van der Waals surface area contributed by atoms with Crippen molar-refractivity contribution in [3.8, 4) is 6.07 Å². The van der Waals surface area contributed by atoms with Crippen LogP contribution >= 0.6 is 0 Å². The maximum Gasteiger partial charge on any atom is 0.330 e. The second kappa shape index (κ2) is 12.1. The van der Waals surface area contributed by atoms with Gasteiger partial charge in [0, 0.05) is 0 Å². The molecule has 0 spiro atoms. The third kappa shape index (κ3) is 7.39. The molecule has 0 bridgehead atoms. The summed E-state index contributed by atoms with van der Waals surface area (Å²) < 4.78 is 5.15. The molecule has 0 radical (unpaired) electrons. The molecule has 0 fully saturated rings. The number of rotatable bonds is 12. The first-order valence-electron chi connectivity index (χ1n) is 9.09. The van der Waals surface area contributed by atoms with Crippen LogP contribution in [0.3, 0.4) is 0 Å². The Morgan fingerprint density at radius 2 is 2.00 bits per heavy atom. The fourth-order valence-electron chi connectivity index (χ4n) is 2.70. The van der Waals surface area contributed by atoms with E-state index in [1.165, 1.54) is 5.56 Å². The van der Waals surface area contributed by atoms with Crippen LogP contribution in [0.15, 0.2) is 55.1 Å². The van der Waals surface area contributed by atoms with Crippen LogP contribution in [0.4, 0.5) is 0 Å². The number of nitrogens with zero attached hydrogens (tertiary/aromatic N) is 1. The molecule has 0 heterocycles. The fraction of sp³-hybridized carbons (Fsp3) is 0.455. The van der Waals surface area contributed by atoms with Gasteiger partial charge in [0.15, 0.2) is 5.41 Å². The molecule has 3 nitrogen and oxygen atoms in total. The number of hydrogen-bond acceptors (Lipinski definition) is 3. The third-order valence-corrected chi connectivity index (χ3v) is 4.15. The maximum absolute atomic E-state index is 12.3. The Morgan fingerprint density at radius 3 is 2.64 bits per heavy atom. The lowest BCUT2D eigenvalue weighted by atomic mass is 9.83. The summed E-state index contributed by atoms with van der Waals surface area (Å²) in [5, 5.41) is 9.64. The highest BCUT2D eigenvalue weighted by atomic mass is 16.5. The number of nitriles is 1. The van der Waals surface area contributed by atoms with Gasteiger partial charge in [-0.2, -0.15) is 5.26 Å². The van der Waals surface area contributed by atoms with Crippen molar-refractivity contribution in [2.24, 2.45) is 5.41 Å². The van der Waals surface area contributed by atoms with E-state index in [1.54, 1.807) is 13.0 Å². The van der Waals surface area contributed by atoms with Crippen molar-refractivity contribution in [2.75, 3.05) is 6.61 Å². The van der Waals surface area contributed by atoms with E-state index in [-0.39, 0.29) is 6.61 Å². The number of ether oxygens (including phenoxy) is 1. The molecule has 25 heavy (non-hydrogen) atoms. The first kappa shape index (κ1) is 20.7. The van der Waals surface area contributed by atoms with Gasteiger partial charge in [-0.3, -0.25) is 0 Å². The number of hydrogen-bond donors (Lipinski definition) is 0. The second-order valence-electron chi connectivity index (χ2n) is 6.12. The molecule has 0 aliphatic rings. The number of allylic oxidation sites excluding steroid dienone is 2. The van der Waals surface area contributed by atoms with Crippen LogP contribution in [0, 0.1) is 16.7 Å². The van der Waals surface area contributed by atoms with Crippen molar-refractivity contribution in [3.05, 3.63) is 60.7 Å². The fourth-order valence-corrected chi connectivity index (χ4v) is 2.70. The van der Waals surface area contributed by atoms with Crippen LogP contribution < -0.4 is 0 Å². The molecule has 0 aliphatic carbocycles. The Balaban J connectivity index is 2.62. The van der Waals surface area contributed by atoms with Crippen LogP contribution in [-0.2, 0) is 16.0 Å². The molecule has 0 amide bonds.